The van der Waals surface area contributed by atoms with Crippen molar-refractivity contribution in [2.24, 2.45) is 4.99 Å². The molecule has 0 aliphatic rings. The van der Waals surface area contributed by atoms with Crippen LogP contribution in [0.5, 0.6) is 0 Å². The predicted octanol–water partition coefficient (Wildman–Crippen LogP) is 4.28. The van der Waals surface area contributed by atoms with Crippen molar-refractivity contribution in [3.8, 4) is 0 Å². The molecule has 0 atom stereocenters. The summed E-state index contributed by atoms with van der Waals surface area (Å²) in [5.74, 6) is 0.531. The van der Waals surface area contributed by atoms with Gasteiger partial charge >= 0.3 is 6.18 Å². The van der Waals surface area contributed by atoms with Gasteiger partial charge in [-0.05, 0) is 43.7 Å². The number of hydrogen-bond donors (Lipinski definition) is 2. The van der Waals surface area contributed by atoms with Crippen LogP contribution >= 0.6 is 24.0 Å². The Kier molecular flexibility index (Phi) is 8.83. The number of nitrogens with zero attached hydrogens (tertiary/aromatic N) is 2. The van der Waals surface area contributed by atoms with Crippen LogP contribution in [0.1, 0.15) is 29.4 Å². The number of halogens is 4. The Balaban J connectivity index is 0.00000338. The molecular formula is C18H22F3IN4. The lowest BCUT2D eigenvalue weighted by molar-refractivity contribution is -0.137. The fourth-order valence-electron chi connectivity index (χ4n) is 2.23. The highest BCUT2D eigenvalue weighted by molar-refractivity contribution is 14.0. The van der Waals surface area contributed by atoms with Crippen molar-refractivity contribution in [3.05, 3.63) is 65.0 Å². The van der Waals surface area contributed by atoms with Gasteiger partial charge in [-0.1, -0.05) is 18.2 Å². The molecule has 2 rings (SSSR count). The van der Waals surface area contributed by atoms with Gasteiger partial charge in [0, 0.05) is 12.2 Å². The van der Waals surface area contributed by atoms with E-state index in [4.69, 9.17) is 0 Å². The second-order valence-corrected chi connectivity index (χ2v) is 5.52. The highest BCUT2D eigenvalue weighted by Gasteiger charge is 2.30. The molecule has 26 heavy (non-hydrogen) atoms. The minimum Gasteiger partial charge on any atom is -0.357 e. The Morgan fingerprint density at radius 3 is 2.50 bits per heavy atom. The number of aryl methyl sites for hydroxylation is 1. The van der Waals surface area contributed by atoms with Crippen LogP contribution in [0.4, 0.5) is 13.2 Å². The molecule has 0 saturated heterocycles. The zero-order chi connectivity index (χ0) is 18.3. The maximum atomic E-state index is 12.8. The van der Waals surface area contributed by atoms with Crippen LogP contribution in [0.15, 0.2) is 47.5 Å². The van der Waals surface area contributed by atoms with Crippen molar-refractivity contribution in [1.82, 2.24) is 15.6 Å². The van der Waals surface area contributed by atoms with Gasteiger partial charge in [0.25, 0.3) is 0 Å². The first-order valence-electron chi connectivity index (χ1n) is 7.99. The van der Waals surface area contributed by atoms with E-state index in [0.29, 0.717) is 24.6 Å². The first-order chi connectivity index (χ1) is 11.9. The lowest BCUT2D eigenvalue weighted by Crippen LogP contribution is -2.37. The molecule has 0 saturated carbocycles. The Bertz CT molecular complexity index is 732. The van der Waals surface area contributed by atoms with Crippen LogP contribution < -0.4 is 10.6 Å². The van der Waals surface area contributed by atoms with E-state index in [2.05, 4.69) is 20.6 Å². The molecule has 8 heteroatoms. The number of rotatable bonds is 5. The normalized spacial score (nSPS) is 11.7. The molecule has 0 aliphatic carbocycles. The van der Waals surface area contributed by atoms with Gasteiger partial charge in [0.05, 0.1) is 24.3 Å². The number of nitrogens with one attached hydrogen (secondary N) is 2. The molecule has 0 bridgehead atoms. The number of aliphatic imine (C=N–C) groups is 1. The largest absolute Gasteiger partial charge is 0.416 e. The highest BCUT2D eigenvalue weighted by Crippen LogP contribution is 2.29. The maximum absolute atomic E-state index is 12.8. The van der Waals surface area contributed by atoms with Crippen LogP contribution in [0.2, 0.25) is 0 Å². The van der Waals surface area contributed by atoms with Crippen LogP contribution in [0, 0.1) is 6.92 Å². The van der Waals surface area contributed by atoms with E-state index in [1.165, 1.54) is 6.07 Å². The van der Waals surface area contributed by atoms with Crippen molar-refractivity contribution >= 4 is 29.9 Å². The molecular weight excluding hydrogens is 456 g/mol. The summed E-state index contributed by atoms with van der Waals surface area (Å²) < 4.78 is 38.3. The molecule has 1 aromatic heterocycles. The standard InChI is InChI=1S/C18H21F3N4.HI/c1-3-22-17(24-12-16-9-4-6-13(2)25-16)23-11-14-7-5-8-15(10-14)18(19,20)21;/h4-10H,3,11-12H2,1-2H3,(H2,22,23,24);1H. The molecule has 1 aromatic carbocycles. The molecule has 142 valence electrons. The molecule has 2 N–H and O–H groups in total. The number of pyridine rings is 1. The molecule has 4 nitrogen and oxygen atoms in total. The molecule has 0 aliphatic heterocycles. The summed E-state index contributed by atoms with van der Waals surface area (Å²) in [5.41, 5.74) is 1.62. The third kappa shape index (κ3) is 7.19. The van der Waals surface area contributed by atoms with Gasteiger partial charge in [-0.25, -0.2) is 4.99 Å². The molecule has 0 fully saturated rings. The van der Waals surface area contributed by atoms with Crippen LogP contribution in [0.3, 0.4) is 0 Å². The summed E-state index contributed by atoms with van der Waals surface area (Å²) in [6, 6.07) is 10.9. The lowest BCUT2D eigenvalue weighted by atomic mass is 10.1. The summed E-state index contributed by atoms with van der Waals surface area (Å²) in [5, 5.41) is 6.20. The fraction of sp³-hybridized carbons (Fsp3) is 0.333. The molecule has 0 amide bonds. The SMILES string of the molecule is CCNC(=NCc1cccc(C(F)(F)F)c1)NCc1cccc(C)n1.I. The highest BCUT2D eigenvalue weighted by atomic mass is 127. The second kappa shape index (κ2) is 10.3. The monoisotopic (exact) mass is 478 g/mol. The topological polar surface area (TPSA) is 49.3 Å². The summed E-state index contributed by atoms with van der Waals surface area (Å²) in [7, 11) is 0. The third-order valence-corrected chi connectivity index (χ3v) is 3.40. The molecule has 2 aromatic rings. The first-order valence-corrected chi connectivity index (χ1v) is 7.99. The number of benzene rings is 1. The van der Waals surface area contributed by atoms with E-state index in [-0.39, 0.29) is 30.5 Å². The van der Waals surface area contributed by atoms with E-state index < -0.39 is 11.7 Å². The van der Waals surface area contributed by atoms with Crippen molar-refractivity contribution in [2.75, 3.05) is 6.54 Å². The first kappa shape index (κ1) is 22.2. The average Bonchev–Trinajstić information content (AvgIpc) is 2.57. The van der Waals surface area contributed by atoms with Gasteiger partial charge < -0.3 is 10.6 Å². The van der Waals surface area contributed by atoms with Crippen LogP contribution in [0.25, 0.3) is 0 Å². The Hall–Kier alpha value is -1.84. The van der Waals surface area contributed by atoms with Crippen molar-refractivity contribution in [2.45, 2.75) is 33.1 Å². The lowest BCUT2D eigenvalue weighted by Gasteiger charge is -2.12. The smallest absolute Gasteiger partial charge is 0.357 e. The number of guanidine groups is 1. The summed E-state index contributed by atoms with van der Waals surface area (Å²) in [6.45, 7) is 5.12. The van der Waals surface area contributed by atoms with E-state index in [0.717, 1.165) is 23.5 Å². The zero-order valence-electron chi connectivity index (χ0n) is 14.6. The number of aromatic nitrogens is 1. The molecule has 0 unspecified atom stereocenters. The maximum Gasteiger partial charge on any atom is 0.416 e. The Morgan fingerprint density at radius 2 is 1.85 bits per heavy atom. The average molecular weight is 478 g/mol. The van der Waals surface area contributed by atoms with Gasteiger partial charge in [0.1, 0.15) is 0 Å². The second-order valence-electron chi connectivity index (χ2n) is 5.52. The molecule has 1 heterocycles. The van der Waals surface area contributed by atoms with E-state index in [1.54, 1.807) is 6.07 Å². The fourth-order valence-corrected chi connectivity index (χ4v) is 2.23. The summed E-state index contributed by atoms with van der Waals surface area (Å²) in [6.07, 6.45) is -4.35. The molecule has 0 radical (unpaired) electrons. The zero-order valence-corrected chi connectivity index (χ0v) is 16.9. The van der Waals surface area contributed by atoms with Gasteiger partial charge in [0.15, 0.2) is 5.96 Å². The van der Waals surface area contributed by atoms with Gasteiger partial charge in [-0.15, -0.1) is 24.0 Å². The van der Waals surface area contributed by atoms with E-state index in [1.807, 2.05) is 32.0 Å². The van der Waals surface area contributed by atoms with Gasteiger partial charge in [-0.2, -0.15) is 13.2 Å². The van der Waals surface area contributed by atoms with Gasteiger partial charge in [-0.3, -0.25) is 4.98 Å². The number of alkyl halides is 3. The van der Waals surface area contributed by atoms with E-state index in [9.17, 15) is 13.2 Å². The number of hydrogen-bond acceptors (Lipinski definition) is 2. The molecule has 0 spiro atoms. The Labute approximate surface area is 168 Å². The van der Waals surface area contributed by atoms with Crippen molar-refractivity contribution < 1.29 is 13.2 Å². The summed E-state index contributed by atoms with van der Waals surface area (Å²) >= 11 is 0. The van der Waals surface area contributed by atoms with Crippen molar-refractivity contribution in [3.63, 3.8) is 0 Å². The minimum absolute atomic E-state index is 0. The summed E-state index contributed by atoms with van der Waals surface area (Å²) in [4.78, 5) is 8.74. The van der Waals surface area contributed by atoms with Gasteiger partial charge in [0.2, 0.25) is 0 Å². The Morgan fingerprint density at radius 1 is 1.12 bits per heavy atom. The minimum atomic E-state index is -4.35. The quantitative estimate of drug-likeness (QED) is 0.383. The predicted molar refractivity (Wildman–Crippen MR) is 107 cm³/mol. The van der Waals surface area contributed by atoms with Crippen LogP contribution in [-0.2, 0) is 19.3 Å². The van der Waals surface area contributed by atoms with E-state index >= 15 is 0 Å². The third-order valence-electron chi connectivity index (χ3n) is 3.40. The van der Waals surface area contributed by atoms with Crippen molar-refractivity contribution in [1.29, 1.82) is 0 Å². The van der Waals surface area contributed by atoms with Crippen LogP contribution in [-0.4, -0.2) is 17.5 Å².